The number of anilines is 1. The smallest absolute Gasteiger partial charge is 0.229 e. The van der Waals surface area contributed by atoms with Crippen molar-refractivity contribution < 1.29 is 14.3 Å². The van der Waals surface area contributed by atoms with Crippen molar-refractivity contribution in [1.82, 2.24) is 4.90 Å². The molecule has 1 saturated heterocycles. The summed E-state index contributed by atoms with van der Waals surface area (Å²) in [6.07, 6.45) is 1.03. The van der Waals surface area contributed by atoms with E-state index in [4.69, 9.17) is 14.5 Å². The van der Waals surface area contributed by atoms with Crippen molar-refractivity contribution in [2.45, 2.75) is 39.2 Å². The number of methoxy groups -OCH3 is 2. The number of likely N-dealkylation sites (tertiary alicyclic amines) is 1. The van der Waals surface area contributed by atoms with Crippen LogP contribution in [0.2, 0.25) is 0 Å². The predicted molar refractivity (Wildman–Crippen MR) is 128 cm³/mol. The lowest BCUT2D eigenvalue weighted by atomic mass is 9.79. The van der Waals surface area contributed by atoms with Crippen LogP contribution < -0.4 is 14.8 Å². The Morgan fingerprint density at radius 1 is 1.09 bits per heavy atom. The molecule has 1 amide bonds. The fourth-order valence-electron chi connectivity index (χ4n) is 4.46. The fraction of sp³-hybridized carbons (Fsp3) is 0.462. The van der Waals surface area contributed by atoms with Crippen molar-refractivity contribution in [1.29, 1.82) is 0 Å². The van der Waals surface area contributed by atoms with Gasteiger partial charge in [0.05, 0.1) is 26.0 Å². The molecular formula is C26H33N3O3. The molecule has 0 unspecified atom stereocenters. The summed E-state index contributed by atoms with van der Waals surface area (Å²) < 4.78 is 11.2. The second-order valence-corrected chi connectivity index (χ2v) is 9.78. The first-order valence-corrected chi connectivity index (χ1v) is 11.2. The van der Waals surface area contributed by atoms with Gasteiger partial charge in [0.15, 0.2) is 11.5 Å². The molecule has 2 atom stereocenters. The Kier molecular flexibility index (Phi) is 5.99. The second kappa shape index (κ2) is 8.58. The lowest BCUT2D eigenvalue weighted by molar-refractivity contribution is -0.123. The number of ether oxygens (including phenoxy) is 2. The van der Waals surface area contributed by atoms with E-state index in [9.17, 15) is 4.79 Å². The molecule has 1 fully saturated rings. The monoisotopic (exact) mass is 435 g/mol. The zero-order valence-electron chi connectivity index (χ0n) is 19.9. The third-order valence-electron chi connectivity index (χ3n) is 6.38. The normalized spacial score (nSPS) is 20.6. The van der Waals surface area contributed by atoms with Crippen molar-refractivity contribution in [2.24, 2.45) is 10.4 Å². The van der Waals surface area contributed by atoms with E-state index in [1.807, 2.05) is 51.1 Å². The zero-order valence-corrected chi connectivity index (χ0v) is 19.9. The number of hydrogen-bond acceptors (Lipinski definition) is 5. The van der Waals surface area contributed by atoms with Crippen LogP contribution in [0, 0.1) is 5.41 Å². The molecule has 2 aromatic rings. The van der Waals surface area contributed by atoms with Crippen molar-refractivity contribution in [3.8, 4) is 11.5 Å². The van der Waals surface area contributed by atoms with Crippen LogP contribution in [-0.4, -0.2) is 56.9 Å². The number of carbonyl (C=O) groups excluding carboxylic acids is 1. The fourth-order valence-corrected chi connectivity index (χ4v) is 4.46. The number of amides is 1. The van der Waals surface area contributed by atoms with Gasteiger partial charge in [0.25, 0.3) is 0 Å². The van der Waals surface area contributed by atoms with Crippen molar-refractivity contribution in [2.75, 3.05) is 39.7 Å². The van der Waals surface area contributed by atoms with E-state index in [2.05, 4.69) is 23.3 Å². The Balaban J connectivity index is 1.73. The lowest BCUT2D eigenvalue weighted by Gasteiger charge is -2.39. The summed E-state index contributed by atoms with van der Waals surface area (Å²) in [5.41, 5.74) is 4.70. The van der Waals surface area contributed by atoms with Gasteiger partial charge < -0.3 is 19.7 Å². The number of carbonyl (C=O) groups is 1. The molecule has 4 rings (SSSR count). The minimum Gasteiger partial charge on any atom is -0.493 e. The summed E-state index contributed by atoms with van der Waals surface area (Å²) in [6, 6.07) is 12.4. The first-order chi connectivity index (χ1) is 15.2. The number of rotatable bonds is 4. The number of fused-ring (bicyclic) bond motifs is 3. The second-order valence-electron chi connectivity index (χ2n) is 9.78. The van der Waals surface area contributed by atoms with Crippen LogP contribution in [0.1, 0.15) is 49.8 Å². The van der Waals surface area contributed by atoms with Crippen molar-refractivity contribution >= 4 is 17.3 Å². The summed E-state index contributed by atoms with van der Waals surface area (Å²) in [7, 11) is 5.51. The van der Waals surface area contributed by atoms with Crippen LogP contribution in [-0.2, 0) is 4.79 Å². The van der Waals surface area contributed by atoms with E-state index in [1.54, 1.807) is 14.2 Å². The Morgan fingerprint density at radius 3 is 2.38 bits per heavy atom. The largest absolute Gasteiger partial charge is 0.493 e. The van der Waals surface area contributed by atoms with Crippen LogP contribution in [0.25, 0.3) is 0 Å². The van der Waals surface area contributed by atoms with Crippen LogP contribution >= 0.6 is 0 Å². The van der Waals surface area contributed by atoms with Gasteiger partial charge in [-0.2, -0.15) is 0 Å². The number of hydrogen-bond donors (Lipinski definition) is 1. The van der Waals surface area contributed by atoms with E-state index in [-0.39, 0.29) is 11.9 Å². The molecule has 0 spiro atoms. The van der Waals surface area contributed by atoms with E-state index in [0.29, 0.717) is 11.7 Å². The number of likely N-dealkylation sites (N-methyl/N-ethyl adjacent to an activating group) is 1. The number of nitrogens with one attached hydrogen (secondary N) is 1. The summed E-state index contributed by atoms with van der Waals surface area (Å²) in [5, 5.41) is 2.99. The van der Waals surface area contributed by atoms with Crippen LogP contribution in [0.3, 0.4) is 0 Å². The molecule has 6 heteroatoms. The van der Waals surface area contributed by atoms with Gasteiger partial charge in [-0.15, -0.1) is 0 Å². The minimum absolute atomic E-state index is 0.00315. The number of benzene rings is 2. The van der Waals surface area contributed by atoms with E-state index < -0.39 is 5.41 Å². The van der Waals surface area contributed by atoms with Gasteiger partial charge in [-0.3, -0.25) is 9.79 Å². The molecule has 6 nitrogen and oxygen atoms in total. The lowest BCUT2D eigenvalue weighted by Crippen LogP contribution is -2.41. The van der Waals surface area contributed by atoms with Gasteiger partial charge in [-0.05, 0) is 49.8 Å². The number of aliphatic imine (C=N–C) groups is 1. The molecule has 0 aliphatic carbocycles. The molecule has 170 valence electrons. The molecule has 32 heavy (non-hydrogen) atoms. The van der Waals surface area contributed by atoms with Crippen LogP contribution in [0.5, 0.6) is 11.5 Å². The maximum absolute atomic E-state index is 12.3. The average molecular weight is 436 g/mol. The molecule has 2 heterocycles. The Bertz CT molecular complexity index is 1040. The molecule has 2 aromatic carbocycles. The van der Waals surface area contributed by atoms with E-state index >= 15 is 0 Å². The highest BCUT2D eigenvalue weighted by atomic mass is 16.5. The molecule has 2 aliphatic rings. The van der Waals surface area contributed by atoms with Crippen molar-refractivity contribution in [3.63, 3.8) is 0 Å². The Hall–Kier alpha value is -2.86. The maximum atomic E-state index is 12.3. The molecule has 1 N–H and O–H groups in total. The predicted octanol–water partition coefficient (Wildman–Crippen LogP) is 4.33. The molecular weight excluding hydrogens is 402 g/mol. The molecule has 0 saturated carbocycles. The standard InChI is InChI=1S/C26H33N3O3/c1-26(2,3)25(30)27-17-9-7-16(8-10-17)24-19-14-23(32-6)22(31-5)13-18(19)20-15-29(4)12-11-21(20)28-24/h7-10,13-14,20-21H,11-12,15H2,1-6H3,(H,27,30)/t20-,21-/m0/s1. The van der Waals surface area contributed by atoms with E-state index in [0.717, 1.165) is 47.8 Å². The van der Waals surface area contributed by atoms with Gasteiger partial charge in [0.1, 0.15) is 0 Å². The summed E-state index contributed by atoms with van der Waals surface area (Å²) in [6.45, 7) is 7.73. The summed E-state index contributed by atoms with van der Waals surface area (Å²) >= 11 is 0. The Labute approximate surface area is 190 Å². The number of piperidine rings is 1. The average Bonchev–Trinajstić information content (AvgIpc) is 2.77. The summed E-state index contributed by atoms with van der Waals surface area (Å²) in [5.74, 6) is 1.78. The molecule has 0 bridgehead atoms. The van der Waals surface area contributed by atoms with E-state index in [1.165, 1.54) is 5.56 Å². The van der Waals surface area contributed by atoms with Crippen LogP contribution in [0.4, 0.5) is 5.69 Å². The Morgan fingerprint density at radius 2 is 1.75 bits per heavy atom. The highest BCUT2D eigenvalue weighted by Crippen LogP contribution is 2.42. The van der Waals surface area contributed by atoms with Gasteiger partial charge in [-0.1, -0.05) is 32.9 Å². The topological polar surface area (TPSA) is 63.2 Å². The first-order valence-electron chi connectivity index (χ1n) is 11.2. The highest BCUT2D eigenvalue weighted by molar-refractivity contribution is 6.15. The molecule has 0 aromatic heterocycles. The quantitative estimate of drug-likeness (QED) is 0.777. The molecule has 2 aliphatic heterocycles. The summed E-state index contributed by atoms with van der Waals surface area (Å²) in [4.78, 5) is 19.9. The van der Waals surface area contributed by atoms with Gasteiger partial charge in [-0.25, -0.2) is 0 Å². The van der Waals surface area contributed by atoms with Crippen molar-refractivity contribution in [3.05, 3.63) is 53.1 Å². The minimum atomic E-state index is -0.441. The third-order valence-corrected chi connectivity index (χ3v) is 6.38. The first kappa shape index (κ1) is 22.3. The van der Waals surface area contributed by atoms with Crippen LogP contribution in [0.15, 0.2) is 41.4 Å². The number of nitrogens with zero attached hydrogens (tertiary/aromatic N) is 2. The van der Waals surface area contributed by atoms with Gasteiger partial charge in [0, 0.05) is 34.7 Å². The SMILES string of the molecule is COc1cc2c(cc1OC)[C@@H]1CN(C)CC[C@@H]1N=C2c1ccc(NC(=O)C(C)(C)C)cc1. The maximum Gasteiger partial charge on any atom is 0.229 e. The van der Waals surface area contributed by atoms with Gasteiger partial charge >= 0.3 is 0 Å². The third kappa shape index (κ3) is 4.24. The zero-order chi connectivity index (χ0) is 23.0. The molecule has 0 radical (unpaired) electrons. The highest BCUT2D eigenvalue weighted by Gasteiger charge is 2.36. The van der Waals surface area contributed by atoms with Gasteiger partial charge in [0.2, 0.25) is 5.91 Å².